The van der Waals surface area contributed by atoms with E-state index in [0.717, 1.165) is 11.3 Å². The molecule has 0 bridgehead atoms. The van der Waals surface area contributed by atoms with E-state index in [0.29, 0.717) is 28.6 Å². The molecule has 0 atom stereocenters. The molecule has 9 heteroatoms. The molecule has 0 saturated carbocycles. The zero-order valence-corrected chi connectivity index (χ0v) is 21.1. The summed E-state index contributed by atoms with van der Waals surface area (Å²) in [6, 6.07) is 28.3. The number of anilines is 1. The van der Waals surface area contributed by atoms with Gasteiger partial charge in [-0.25, -0.2) is 4.39 Å². The molecule has 7 nitrogen and oxygen atoms in total. The summed E-state index contributed by atoms with van der Waals surface area (Å²) in [6.45, 7) is 0. The monoisotopic (exact) mass is 534 g/mol. The number of aromatic nitrogens is 2. The molecule has 0 radical (unpaired) electrons. The van der Waals surface area contributed by atoms with E-state index in [2.05, 4.69) is 10.3 Å². The summed E-state index contributed by atoms with van der Waals surface area (Å²) in [5.74, 6) is -0.272. The number of nitrogens with one attached hydrogen (secondary N) is 1. The van der Waals surface area contributed by atoms with Crippen LogP contribution in [0, 0.1) is 17.1 Å². The quantitative estimate of drug-likeness (QED) is 0.349. The fraction of sp³-hybridized carbons (Fsp3) is 0. The molecule has 0 fully saturated rings. The number of rotatable bonds is 6. The van der Waals surface area contributed by atoms with Crippen LogP contribution in [0.4, 0.5) is 10.1 Å². The lowest BCUT2D eigenvalue weighted by molar-refractivity contribution is -0.111. The van der Waals surface area contributed by atoms with Gasteiger partial charge in [-0.1, -0.05) is 36.4 Å². The van der Waals surface area contributed by atoms with Crippen molar-refractivity contribution in [3.63, 3.8) is 0 Å². The van der Waals surface area contributed by atoms with E-state index in [9.17, 15) is 19.2 Å². The van der Waals surface area contributed by atoms with Gasteiger partial charge < -0.3 is 10.1 Å². The molecular weight excluding hydrogens is 515 g/mol. The number of halogens is 1. The number of nitrogens with zero attached hydrogens (tertiary/aromatic N) is 3. The Kier molecular flexibility index (Phi) is 7.39. The third kappa shape index (κ3) is 5.66. The molecular formula is C30H19FN4O3S. The number of amides is 1. The predicted molar refractivity (Wildman–Crippen MR) is 148 cm³/mol. The summed E-state index contributed by atoms with van der Waals surface area (Å²) >= 11 is 0.968. The Balaban J connectivity index is 1.63. The molecule has 5 rings (SSSR count). The van der Waals surface area contributed by atoms with Gasteiger partial charge in [0.2, 0.25) is 0 Å². The van der Waals surface area contributed by atoms with Gasteiger partial charge in [-0.15, -0.1) is 11.3 Å². The molecule has 0 aliphatic rings. The number of ether oxygens (including phenoxy) is 1. The van der Waals surface area contributed by atoms with Gasteiger partial charge in [0.15, 0.2) is 11.3 Å². The van der Waals surface area contributed by atoms with Crippen molar-refractivity contribution in [2.45, 2.75) is 0 Å². The van der Waals surface area contributed by atoms with Crippen molar-refractivity contribution in [1.29, 1.82) is 5.26 Å². The molecule has 3 aromatic carbocycles. The number of carbonyl (C=O) groups excluding carboxylic acids is 1. The van der Waals surface area contributed by atoms with Gasteiger partial charge in [0.05, 0.1) is 21.6 Å². The third-order valence-electron chi connectivity index (χ3n) is 5.53. The zero-order valence-electron chi connectivity index (χ0n) is 20.2. The highest BCUT2D eigenvalue weighted by Gasteiger charge is 2.19. The Labute approximate surface area is 226 Å². The molecule has 0 unspecified atom stereocenters. The normalized spacial score (nSPS) is 11.9. The molecule has 0 spiro atoms. The van der Waals surface area contributed by atoms with Gasteiger partial charge in [0, 0.05) is 6.20 Å². The van der Waals surface area contributed by atoms with Gasteiger partial charge in [0.25, 0.3) is 11.5 Å². The summed E-state index contributed by atoms with van der Waals surface area (Å²) in [6.07, 6.45) is 3.17. The molecule has 2 heterocycles. The molecule has 1 N–H and O–H groups in total. The molecule has 2 aromatic heterocycles. The van der Waals surface area contributed by atoms with E-state index < -0.39 is 17.3 Å². The molecule has 5 aromatic rings. The van der Waals surface area contributed by atoms with Crippen molar-refractivity contribution in [2.75, 3.05) is 5.32 Å². The number of hydrogen-bond donors (Lipinski definition) is 1. The molecule has 1 amide bonds. The molecule has 0 saturated heterocycles. The Bertz CT molecular complexity index is 1860. The first-order valence-electron chi connectivity index (χ1n) is 11.7. The standard InChI is InChI=1S/C30H19FN4O3S/c31-20-13-15-22(16-14-20)35-29(37)27(18-21-8-6-7-17-33-21)39-30(35)24(19-32)28(36)34-25-11-4-5-12-26(25)38-23-9-2-1-3-10-23/h1-18H,(H,34,36)/b27-18+,30-24-. The first-order chi connectivity index (χ1) is 19.0. The molecule has 190 valence electrons. The Morgan fingerprint density at radius 1 is 0.974 bits per heavy atom. The average Bonchev–Trinajstić information content (AvgIpc) is 3.27. The second-order valence-electron chi connectivity index (χ2n) is 8.14. The maximum Gasteiger partial charge on any atom is 0.273 e. The van der Waals surface area contributed by atoms with E-state index in [-0.39, 0.29) is 14.8 Å². The van der Waals surface area contributed by atoms with Gasteiger partial charge in [-0.2, -0.15) is 5.26 Å². The van der Waals surface area contributed by atoms with Crippen molar-refractivity contribution in [3.05, 3.63) is 134 Å². The van der Waals surface area contributed by atoms with E-state index in [4.69, 9.17) is 4.74 Å². The highest BCUT2D eigenvalue weighted by molar-refractivity contribution is 7.07. The van der Waals surface area contributed by atoms with Crippen molar-refractivity contribution < 1.29 is 13.9 Å². The Morgan fingerprint density at radius 3 is 2.41 bits per heavy atom. The summed E-state index contributed by atoms with van der Waals surface area (Å²) in [4.78, 5) is 31.2. The number of hydrogen-bond acceptors (Lipinski definition) is 6. The number of thiazole rings is 1. The van der Waals surface area contributed by atoms with Gasteiger partial charge in [-0.3, -0.25) is 19.1 Å². The van der Waals surface area contributed by atoms with E-state index in [1.807, 2.05) is 24.3 Å². The zero-order chi connectivity index (χ0) is 27.2. The lowest BCUT2D eigenvalue weighted by Gasteiger charge is -2.12. The van der Waals surface area contributed by atoms with E-state index >= 15 is 0 Å². The smallest absolute Gasteiger partial charge is 0.273 e. The largest absolute Gasteiger partial charge is 0.455 e. The van der Waals surface area contributed by atoms with Crippen LogP contribution in [0.1, 0.15) is 5.69 Å². The van der Waals surface area contributed by atoms with Crippen LogP contribution >= 0.6 is 11.3 Å². The van der Waals surface area contributed by atoms with Crippen molar-refractivity contribution >= 4 is 34.6 Å². The minimum Gasteiger partial charge on any atom is -0.455 e. The van der Waals surface area contributed by atoms with Gasteiger partial charge >= 0.3 is 0 Å². The van der Waals surface area contributed by atoms with Crippen molar-refractivity contribution in [3.8, 4) is 23.3 Å². The van der Waals surface area contributed by atoms with Crippen LogP contribution in [-0.2, 0) is 4.79 Å². The highest BCUT2D eigenvalue weighted by atomic mass is 32.1. The van der Waals surface area contributed by atoms with E-state index in [1.165, 1.54) is 28.8 Å². The first-order valence-corrected chi connectivity index (χ1v) is 12.5. The summed E-state index contributed by atoms with van der Waals surface area (Å²) in [7, 11) is 0. The first kappa shape index (κ1) is 25.3. The molecule has 39 heavy (non-hydrogen) atoms. The summed E-state index contributed by atoms with van der Waals surface area (Å²) in [5.41, 5.74) is 0.411. The van der Waals surface area contributed by atoms with Gasteiger partial charge in [-0.05, 0) is 66.7 Å². The fourth-order valence-electron chi connectivity index (χ4n) is 3.73. The fourth-order valence-corrected chi connectivity index (χ4v) is 4.81. The van der Waals surface area contributed by atoms with Crippen LogP contribution in [0.5, 0.6) is 11.5 Å². The number of benzene rings is 3. The van der Waals surface area contributed by atoms with Gasteiger partial charge in [0.1, 0.15) is 22.3 Å². The lowest BCUT2D eigenvalue weighted by Crippen LogP contribution is -2.32. The Morgan fingerprint density at radius 2 is 1.69 bits per heavy atom. The second-order valence-corrected chi connectivity index (χ2v) is 9.17. The van der Waals surface area contributed by atoms with Crippen LogP contribution < -0.4 is 24.8 Å². The highest BCUT2D eigenvalue weighted by Crippen LogP contribution is 2.29. The number of pyridine rings is 1. The number of nitriles is 1. The van der Waals surface area contributed by atoms with Crippen LogP contribution in [-0.4, -0.2) is 15.5 Å². The number of carbonyl (C=O) groups is 1. The number of para-hydroxylation sites is 3. The SMILES string of the molecule is N#C/C(C(=O)Nc1ccccc1Oc1ccccc1)=c1/s/c(=C/c2ccccn2)c(=O)n1-c1ccc(F)cc1. The molecule has 0 aliphatic heterocycles. The maximum absolute atomic E-state index is 13.7. The maximum atomic E-state index is 13.7. The predicted octanol–water partition coefficient (Wildman–Crippen LogP) is 4.37. The summed E-state index contributed by atoms with van der Waals surface area (Å²) < 4.78 is 21.1. The van der Waals surface area contributed by atoms with Crippen LogP contribution in [0.2, 0.25) is 0 Å². The van der Waals surface area contributed by atoms with Crippen molar-refractivity contribution in [2.24, 2.45) is 0 Å². The van der Waals surface area contributed by atoms with Crippen LogP contribution in [0.3, 0.4) is 0 Å². The lowest BCUT2D eigenvalue weighted by atomic mass is 10.2. The second kappa shape index (κ2) is 11.4. The van der Waals surface area contributed by atoms with Crippen LogP contribution in [0.25, 0.3) is 17.3 Å². The third-order valence-corrected chi connectivity index (χ3v) is 6.63. The molecule has 0 aliphatic carbocycles. The topological polar surface area (TPSA) is 97.0 Å². The Hall–Kier alpha value is -5.33. The van der Waals surface area contributed by atoms with Crippen molar-refractivity contribution in [1.82, 2.24) is 9.55 Å². The van der Waals surface area contributed by atoms with Crippen LogP contribution in [0.15, 0.2) is 108 Å². The minimum absolute atomic E-state index is 0.0928. The average molecular weight is 535 g/mol. The minimum atomic E-state index is -0.733. The van der Waals surface area contributed by atoms with E-state index in [1.54, 1.807) is 66.9 Å². The summed E-state index contributed by atoms with van der Waals surface area (Å²) in [5, 5.41) is 12.8.